The summed E-state index contributed by atoms with van der Waals surface area (Å²) in [6.07, 6.45) is -1.91. The second-order valence-electron chi connectivity index (χ2n) is 5.02. The molecule has 1 aliphatic heterocycles. The van der Waals surface area contributed by atoms with Gasteiger partial charge in [-0.3, -0.25) is 13.9 Å². The molecule has 0 amide bonds. The van der Waals surface area contributed by atoms with Crippen LogP contribution >= 0.6 is 0 Å². The van der Waals surface area contributed by atoms with Gasteiger partial charge in [0.1, 0.15) is 24.6 Å². The zero-order valence-corrected chi connectivity index (χ0v) is 11.5. The van der Waals surface area contributed by atoms with Crippen molar-refractivity contribution in [3.05, 3.63) is 23.0 Å². The molecule has 1 fully saturated rings. The van der Waals surface area contributed by atoms with E-state index < -0.39 is 36.7 Å². The largest absolute Gasteiger partial charge is 0.395 e. The Balaban J connectivity index is 2.03. The van der Waals surface area contributed by atoms with Gasteiger partial charge in [-0.2, -0.15) is 0 Å². The summed E-state index contributed by atoms with van der Waals surface area (Å²) in [7, 11) is 0. The summed E-state index contributed by atoms with van der Waals surface area (Å²) in [5.41, 5.74) is -0.174. The van der Waals surface area contributed by atoms with Crippen molar-refractivity contribution in [2.75, 3.05) is 13.2 Å². The molecule has 0 aromatic carbocycles. The predicted octanol–water partition coefficient (Wildman–Crippen LogP) is -2.80. The quantitative estimate of drug-likeness (QED) is 0.474. The van der Waals surface area contributed by atoms with Gasteiger partial charge in [-0.05, 0) is 0 Å². The van der Waals surface area contributed by atoms with Gasteiger partial charge in [-0.15, -0.1) is 0 Å². The predicted molar refractivity (Wildman–Crippen MR) is 71.9 cm³/mol. The van der Waals surface area contributed by atoms with Gasteiger partial charge in [-0.1, -0.05) is 0 Å². The van der Waals surface area contributed by atoms with Crippen LogP contribution in [0.2, 0.25) is 0 Å². The van der Waals surface area contributed by atoms with E-state index in [0.29, 0.717) is 0 Å². The van der Waals surface area contributed by atoms with Crippen molar-refractivity contribution < 1.29 is 25.2 Å². The first kappa shape index (κ1) is 15.1. The second-order valence-corrected chi connectivity index (χ2v) is 5.02. The molecule has 1 saturated heterocycles. The first-order chi connectivity index (χ1) is 10.6. The summed E-state index contributed by atoms with van der Waals surface area (Å²) in [5, 5.41) is 37.8. The Morgan fingerprint density at radius 3 is 2.59 bits per heavy atom. The molecule has 0 bridgehead atoms. The van der Waals surface area contributed by atoms with Crippen LogP contribution in [-0.4, -0.2) is 71.1 Å². The van der Waals surface area contributed by atoms with E-state index in [1.54, 1.807) is 0 Å². The van der Waals surface area contributed by atoms with Crippen LogP contribution < -0.4 is 5.56 Å². The molecular formula is C12H16N4O6. The molecule has 0 radical (unpaired) electrons. The summed E-state index contributed by atoms with van der Waals surface area (Å²) in [4.78, 5) is 20.2. The van der Waals surface area contributed by atoms with Gasteiger partial charge in [0.05, 0.1) is 26.1 Å². The molecule has 0 spiro atoms. The van der Waals surface area contributed by atoms with Crippen molar-refractivity contribution in [2.45, 2.75) is 31.1 Å². The average molecular weight is 312 g/mol. The normalized spacial score (nSPS) is 28.5. The fourth-order valence-electron chi connectivity index (χ4n) is 2.51. The van der Waals surface area contributed by atoms with Gasteiger partial charge in [0.2, 0.25) is 0 Å². The van der Waals surface area contributed by atoms with Gasteiger partial charge in [-0.25, -0.2) is 9.97 Å². The third-order valence-electron chi connectivity index (χ3n) is 3.68. The van der Waals surface area contributed by atoms with Crippen LogP contribution in [0.5, 0.6) is 0 Å². The number of hydrogen-bond acceptors (Lipinski definition) is 8. The number of hydrogen-bond donors (Lipinski definition) is 4. The van der Waals surface area contributed by atoms with Crippen molar-refractivity contribution in [3.63, 3.8) is 0 Å². The van der Waals surface area contributed by atoms with E-state index in [4.69, 9.17) is 14.9 Å². The fourth-order valence-corrected chi connectivity index (χ4v) is 2.51. The molecule has 0 aliphatic carbocycles. The lowest BCUT2D eigenvalue weighted by molar-refractivity contribution is -0.0511. The minimum Gasteiger partial charge on any atom is -0.395 e. The molecule has 4 N–H and O–H groups in total. The molecule has 3 heterocycles. The Bertz CT molecular complexity index is 728. The molecular weight excluding hydrogens is 296 g/mol. The minimum atomic E-state index is -1.28. The molecule has 4 atom stereocenters. The van der Waals surface area contributed by atoms with Crippen molar-refractivity contribution in [2.24, 2.45) is 0 Å². The Morgan fingerprint density at radius 2 is 1.95 bits per heavy atom. The number of ether oxygens (including phenoxy) is 1. The lowest BCUT2D eigenvalue weighted by Crippen LogP contribution is -2.33. The SMILES string of the molecule is O=c1c2ncn([C@@H]3O[C@H](CO)[C@@H](O)[C@H]3O)c2ncn1CCO. The van der Waals surface area contributed by atoms with E-state index in [0.717, 1.165) is 0 Å². The van der Waals surface area contributed by atoms with E-state index >= 15 is 0 Å². The minimum absolute atomic E-state index is 0.0636. The maximum absolute atomic E-state index is 12.2. The van der Waals surface area contributed by atoms with E-state index in [9.17, 15) is 15.0 Å². The second kappa shape index (κ2) is 5.74. The molecule has 0 saturated carbocycles. The monoisotopic (exact) mass is 312 g/mol. The van der Waals surface area contributed by atoms with Gasteiger partial charge < -0.3 is 25.2 Å². The lowest BCUT2D eigenvalue weighted by Gasteiger charge is -2.16. The number of aromatic nitrogens is 4. The van der Waals surface area contributed by atoms with Crippen LogP contribution in [0.4, 0.5) is 0 Å². The summed E-state index contributed by atoms with van der Waals surface area (Å²) in [6, 6.07) is 0. The highest BCUT2D eigenvalue weighted by Crippen LogP contribution is 2.30. The van der Waals surface area contributed by atoms with E-state index in [1.165, 1.54) is 21.8 Å². The first-order valence-corrected chi connectivity index (χ1v) is 6.73. The standard InChI is InChI=1S/C12H16N4O6/c17-2-1-15-4-14-10-7(11(15)21)13-5-16(10)12-9(20)8(19)6(3-18)22-12/h4-6,8-9,12,17-20H,1-3H2/t6-,8-,9-,12-/m1/s1. The Labute approximate surface area is 123 Å². The summed E-state index contributed by atoms with van der Waals surface area (Å²) in [6.45, 7) is -0.552. The fraction of sp³-hybridized carbons (Fsp3) is 0.583. The van der Waals surface area contributed by atoms with E-state index in [1.807, 2.05) is 0 Å². The number of rotatable bonds is 4. The molecule has 0 unspecified atom stereocenters. The number of aliphatic hydroxyl groups is 4. The maximum atomic E-state index is 12.2. The van der Waals surface area contributed by atoms with Gasteiger partial charge in [0.15, 0.2) is 17.4 Å². The number of nitrogens with zero attached hydrogens (tertiary/aromatic N) is 4. The van der Waals surface area contributed by atoms with Gasteiger partial charge >= 0.3 is 0 Å². The smallest absolute Gasteiger partial charge is 0.281 e. The lowest BCUT2D eigenvalue weighted by atomic mass is 10.1. The highest BCUT2D eigenvalue weighted by molar-refractivity contribution is 5.69. The summed E-state index contributed by atoms with van der Waals surface area (Å²) < 4.78 is 7.95. The molecule has 22 heavy (non-hydrogen) atoms. The Morgan fingerprint density at radius 1 is 1.18 bits per heavy atom. The first-order valence-electron chi connectivity index (χ1n) is 6.73. The van der Waals surface area contributed by atoms with Crippen LogP contribution in [0.15, 0.2) is 17.4 Å². The van der Waals surface area contributed by atoms with Crippen molar-refractivity contribution in [1.29, 1.82) is 0 Å². The van der Waals surface area contributed by atoms with Crippen LogP contribution in [0, 0.1) is 0 Å². The highest BCUT2D eigenvalue weighted by Gasteiger charge is 2.44. The van der Waals surface area contributed by atoms with Crippen molar-refractivity contribution in [1.82, 2.24) is 19.1 Å². The summed E-state index contributed by atoms with van der Waals surface area (Å²) in [5.74, 6) is 0. The molecule has 3 rings (SSSR count). The zero-order chi connectivity index (χ0) is 15.9. The van der Waals surface area contributed by atoms with Crippen molar-refractivity contribution in [3.8, 4) is 0 Å². The molecule has 1 aliphatic rings. The number of imidazole rings is 1. The third-order valence-corrected chi connectivity index (χ3v) is 3.68. The summed E-state index contributed by atoms with van der Waals surface area (Å²) >= 11 is 0. The molecule has 2 aromatic rings. The van der Waals surface area contributed by atoms with Gasteiger partial charge in [0, 0.05) is 0 Å². The molecule has 10 nitrogen and oxygen atoms in total. The van der Waals surface area contributed by atoms with E-state index in [2.05, 4.69) is 9.97 Å². The van der Waals surface area contributed by atoms with Crippen LogP contribution in [0.25, 0.3) is 11.2 Å². The highest BCUT2D eigenvalue weighted by atomic mass is 16.6. The Hall–Kier alpha value is -1.85. The number of fused-ring (bicyclic) bond motifs is 1. The van der Waals surface area contributed by atoms with Crippen LogP contribution in [0.3, 0.4) is 0 Å². The topological polar surface area (TPSA) is 143 Å². The van der Waals surface area contributed by atoms with Crippen LogP contribution in [-0.2, 0) is 11.3 Å². The molecule has 120 valence electrons. The Kier molecular flexibility index (Phi) is 3.93. The maximum Gasteiger partial charge on any atom is 0.281 e. The van der Waals surface area contributed by atoms with Crippen molar-refractivity contribution >= 4 is 11.2 Å². The molecule has 2 aromatic heterocycles. The zero-order valence-electron chi connectivity index (χ0n) is 11.5. The molecule has 10 heteroatoms. The van der Waals surface area contributed by atoms with Gasteiger partial charge in [0.25, 0.3) is 5.56 Å². The third kappa shape index (κ3) is 2.21. The number of aliphatic hydroxyl groups excluding tert-OH is 4. The van der Waals surface area contributed by atoms with Crippen LogP contribution in [0.1, 0.15) is 6.23 Å². The average Bonchev–Trinajstić information content (AvgIpc) is 3.05. The van der Waals surface area contributed by atoms with E-state index in [-0.39, 0.29) is 24.3 Å².